The molecule has 0 spiro atoms. The van der Waals surface area contributed by atoms with E-state index in [1.54, 1.807) is 48.5 Å². The van der Waals surface area contributed by atoms with Crippen molar-refractivity contribution in [3.8, 4) is 17.2 Å². The number of carbonyl (C=O) groups excluding carboxylic acids is 1. The Morgan fingerprint density at radius 1 is 1.13 bits per heavy atom. The van der Waals surface area contributed by atoms with Gasteiger partial charge >= 0.3 is 0 Å². The highest BCUT2D eigenvalue weighted by molar-refractivity contribution is 5.94. The van der Waals surface area contributed by atoms with Gasteiger partial charge in [-0.25, -0.2) is 9.67 Å². The number of nitrogens with zero attached hydrogens (tertiary/aromatic N) is 4. The van der Waals surface area contributed by atoms with Gasteiger partial charge in [-0.3, -0.25) is 4.79 Å². The molecule has 0 saturated carbocycles. The van der Waals surface area contributed by atoms with E-state index in [2.05, 4.69) is 20.6 Å². The van der Waals surface area contributed by atoms with Crippen LogP contribution in [0, 0.1) is 0 Å². The van der Waals surface area contributed by atoms with E-state index < -0.39 is 0 Å². The van der Waals surface area contributed by atoms with Gasteiger partial charge in [0.15, 0.2) is 5.76 Å². The van der Waals surface area contributed by atoms with E-state index in [1.807, 2.05) is 24.3 Å². The second kappa shape index (κ2) is 8.91. The maximum absolute atomic E-state index is 12.2. The zero-order valence-corrected chi connectivity index (χ0v) is 16.2. The summed E-state index contributed by atoms with van der Waals surface area (Å²) in [6.45, 7) is 0.455. The van der Waals surface area contributed by atoms with Crippen molar-refractivity contribution in [1.29, 1.82) is 0 Å². The van der Waals surface area contributed by atoms with Gasteiger partial charge in [-0.15, -0.1) is 0 Å². The molecule has 9 heteroatoms. The first-order valence-corrected chi connectivity index (χ1v) is 9.16. The van der Waals surface area contributed by atoms with Gasteiger partial charge < -0.3 is 19.3 Å². The SMILES string of the molecule is COc1ccc(C(=O)NCc2cc(COc3cccc(-n4cncn4)c3)no2)cc1. The van der Waals surface area contributed by atoms with Crippen LogP contribution in [0.15, 0.2) is 71.8 Å². The average molecular weight is 405 g/mol. The van der Waals surface area contributed by atoms with Crippen molar-refractivity contribution in [2.45, 2.75) is 13.2 Å². The molecule has 0 aliphatic rings. The number of benzene rings is 2. The molecule has 9 nitrogen and oxygen atoms in total. The topological polar surface area (TPSA) is 104 Å². The Bertz CT molecular complexity index is 1110. The van der Waals surface area contributed by atoms with Crippen LogP contribution in [0.4, 0.5) is 0 Å². The number of amides is 1. The quantitative estimate of drug-likeness (QED) is 0.481. The first-order chi connectivity index (χ1) is 14.7. The molecule has 0 unspecified atom stereocenters. The third-order valence-electron chi connectivity index (χ3n) is 4.27. The first kappa shape index (κ1) is 19.2. The molecule has 30 heavy (non-hydrogen) atoms. The molecule has 1 amide bonds. The number of hydrogen-bond donors (Lipinski definition) is 1. The largest absolute Gasteiger partial charge is 0.497 e. The molecule has 0 aliphatic carbocycles. The van der Waals surface area contributed by atoms with Crippen molar-refractivity contribution in [3.63, 3.8) is 0 Å². The zero-order chi connectivity index (χ0) is 20.8. The number of carbonyl (C=O) groups is 1. The number of rotatable bonds is 8. The van der Waals surface area contributed by atoms with E-state index in [4.69, 9.17) is 14.0 Å². The van der Waals surface area contributed by atoms with Gasteiger partial charge in [-0.05, 0) is 36.4 Å². The first-order valence-electron chi connectivity index (χ1n) is 9.16. The summed E-state index contributed by atoms with van der Waals surface area (Å²) in [7, 11) is 1.58. The zero-order valence-electron chi connectivity index (χ0n) is 16.2. The maximum atomic E-state index is 12.2. The molecular formula is C21H19N5O4. The third-order valence-corrected chi connectivity index (χ3v) is 4.27. The average Bonchev–Trinajstić information content (AvgIpc) is 3.49. The van der Waals surface area contributed by atoms with Crippen LogP contribution in [0.5, 0.6) is 11.5 Å². The second-order valence-corrected chi connectivity index (χ2v) is 6.32. The summed E-state index contributed by atoms with van der Waals surface area (Å²) in [6, 6.07) is 16.1. The number of methoxy groups -OCH3 is 1. The fourth-order valence-corrected chi connectivity index (χ4v) is 2.73. The Morgan fingerprint density at radius 3 is 2.77 bits per heavy atom. The Kier molecular flexibility index (Phi) is 5.70. The monoisotopic (exact) mass is 405 g/mol. The summed E-state index contributed by atoms with van der Waals surface area (Å²) in [5.41, 5.74) is 1.99. The van der Waals surface area contributed by atoms with E-state index in [0.29, 0.717) is 28.5 Å². The lowest BCUT2D eigenvalue weighted by Gasteiger charge is -2.06. The fraction of sp³-hybridized carbons (Fsp3) is 0.143. The van der Waals surface area contributed by atoms with Crippen LogP contribution >= 0.6 is 0 Å². The molecule has 4 rings (SSSR count). The van der Waals surface area contributed by atoms with Crippen molar-refractivity contribution in [3.05, 3.63) is 84.3 Å². The maximum Gasteiger partial charge on any atom is 0.251 e. The van der Waals surface area contributed by atoms with Crippen molar-refractivity contribution in [1.82, 2.24) is 25.2 Å². The number of aromatic nitrogens is 4. The van der Waals surface area contributed by atoms with Crippen LogP contribution in [-0.2, 0) is 13.2 Å². The summed E-state index contributed by atoms with van der Waals surface area (Å²) in [4.78, 5) is 16.1. The van der Waals surface area contributed by atoms with E-state index in [0.717, 1.165) is 5.69 Å². The smallest absolute Gasteiger partial charge is 0.251 e. The normalized spacial score (nSPS) is 10.6. The van der Waals surface area contributed by atoms with Gasteiger partial charge in [0.25, 0.3) is 5.91 Å². The summed E-state index contributed by atoms with van der Waals surface area (Å²) in [5, 5.41) is 10.9. The molecule has 0 aliphatic heterocycles. The minimum atomic E-state index is -0.211. The van der Waals surface area contributed by atoms with Gasteiger partial charge in [-0.2, -0.15) is 5.10 Å². The molecule has 0 radical (unpaired) electrons. The summed E-state index contributed by atoms with van der Waals surface area (Å²) < 4.78 is 17.8. The van der Waals surface area contributed by atoms with Crippen molar-refractivity contribution >= 4 is 5.91 Å². The highest BCUT2D eigenvalue weighted by atomic mass is 16.5. The molecule has 2 aromatic carbocycles. The second-order valence-electron chi connectivity index (χ2n) is 6.32. The van der Waals surface area contributed by atoms with Crippen LogP contribution in [0.3, 0.4) is 0 Å². The van der Waals surface area contributed by atoms with Crippen LogP contribution < -0.4 is 14.8 Å². The van der Waals surface area contributed by atoms with Gasteiger partial charge in [0, 0.05) is 17.7 Å². The molecule has 2 heterocycles. The van der Waals surface area contributed by atoms with E-state index in [1.165, 1.54) is 6.33 Å². The van der Waals surface area contributed by atoms with Crippen LogP contribution in [0.25, 0.3) is 5.69 Å². The summed E-state index contributed by atoms with van der Waals surface area (Å²) >= 11 is 0. The molecule has 152 valence electrons. The predicted molar refractivity (Wildman–Crippen MR) is 106 cm³/mol. The molecule has 0 bridgehead atoms. The Balaban J connectivity index is 1.30. The molecule has 2 aromatic heterocycles. The van der Waals surface area contributed by atoms with Gasteiger partial charge in [0.1, 0.15) is 36.5 Å². The molecule has 0 atom stereocenters. The van der Waals surface area contributed by atoms with E-state index in [9.17, 15) is 4.79 Å². The summed E-state index contributed by atoms with van der Waals surface area (Å²) in [6.07, 6.45) is 3.08. The number of hydrogen-bond acceptors (Lipinski definition) is 7. The molecule has 0 saturated heterocycles. The number of nitrogens with one attached hydrogen (secondary N) is 1. The third kappa shape index (κ3) is 4.64. The Morgan fingerprint density at radius 2 is 2.00 bits per heavy atom. The van der Waals surface area contributed by atoms with Crippen LogP contribution in [0.2, 0.25) is 0 Å². The lowest BCUT2D eigenvalue weighted by atomic mass is 10.2. The minimum absolute atomic E-state index is 0.211. The lowest BCUT2D eigenvalue weighted by molar-refractivity contribution is 0.0947. The summed E-state index contributed by atoms with van der Waals surface area (Å²) in [5.74, 6) is 1.68. The van der Waals surface area contributed by atoms with E-state index in [-0.39, 0.29) is 19.1 Å². The highest BCUT2D eigenvalue weighted by Crippen LogP contribution is 2.17. The van der Waals surface area contributed by atoms with Crippen molar-refractivity contribution in [2.24, 2.45) is 0 Å². The Hall–Kier alpha value is -4.14. The minimum Gasteiger partial charge on any atom is -0.497 e. The standard InChI is InChI=1S/C21H19N5O4/c1-28-18-7-5-15(6-8-18)21(27)23-11-20-9-16(25-30-20)12-29-19-4-2-3-17(10-19)26-14-22-13-24-26/h2-10,13-14H,11-12H2,1H3,(H,23,27). The number of ether oxygens (including phenoxy) is 2. The van der Waals surface area contributed by atoms with E-state index >= 15 is 0 Å². The van der Waals surface area contributed by atoms with Crippen molar-refractivity contribution < 1.29 is 18.8 Å². The van der Waals surface area contributed by atoms with Gasteiger partial charge in [0.05, 0.1) is 19.3 Å². The predicted octanol–water partition coefficient (Wildman–Crippen LogP) is 2.77. The van der Waals surface area contributed by atoms with Gasteiger partial charge in [-0.1, -0.05) is 11.2 Å². The molecule has 4 aromatic rings. The molecule has 0 fully saturated rings. The van der Waals surface area contributed by atoms with Gasteiger partial charge in [0.2, 0.25) is 0 Å². The van der Waals surface area contributed by atoms with Crippen LogP contribution in [0.1, 0.15) is 21.8 Å². The highest BCUT2D eigenvalue weighted by Gasteiger charge is 2.09. The molecular weight excluding hydrogens is 386 g/mol. The van der Waals surface area contributed by atoms with Crippen molar-refractivity contribution in [2.75, 3.05) is 7.11 Å². The fourth-order valence-electron chi connectivity index (χ4n) is 2.73. The lowest BCUT2D eigenvalue weighted by Crippen LogP contribution is -2.22. The van der Waals surface area contributed by atoms with Crippen LogP contribution in [-0.4, -0.2) is 32.9 Å². The molecule has 1 N–H and O–H groups in total. The Labute approximate surface area is 172 Å².